The van der Waals surface area contributed by atoms with Gasteiger partial charge in [0.25, 0.3) is 0 Å². The Kier molecular flexibility index (Phi) is 5.24. The first-order valence-corrected chi connectivity index (χ1v) is 6.74. The first-order valence-electron chi connectivity index (χ1n) is 6.74. The topological polar surface area (TPSA) is 47.3 Å². The van der Waals surface area contributed by atoms with Gasteiger partial charge in [0.2, 0.25) is 0 Å². The van der Waals surface area contributed by atoms with Gasteiger partial charge in [-0.1, -0.05) is 12.1 Å². The van der Waals surface area contributed by atoms with Gasteiger partial charge in [-0.2, -0.15) is 0 Å². The normalized spacial score (nSPS) is 21.3. The Morgan fingerprint density at radius 2 is 2.21 bits per heavy atom. The van der Waals surface area contributed by atoms with E-state index in [0.29, 0.717) is 6.42 Å². The highest BCUT2D eigenvalue weighted by molar-refractivity contribution is 5.22. The summed E-state index contributed by atoms with van der Waals surface area (Å²) in [7, 11) is 0. The molecule has 1 saturated heterocycles. The lowest BCUT2D eigenvalue weighted by Crippen LogP contribution is -2.30. The number of rotatable bonds is 5. The molecule has 1 fully saturated rings. The molecule has 0 amide bonds. The predicted octanol–water partition coefficient (Wildman–Crippen LogP) is 2.82. The molecule has 0 bridgehead atoms. The van der Waals surface area contributed by atoms with Gasteiger partial charge >= 0.3 is 0 Å². The lowest BCUT2D eigenvalue weighted by Gasteiger charge is -2.25. The van der Waals surface area contributed by atoms with E-state index in [0.717, 1.165) is 31.9 Å². The summed E-state index contributed by atoms with van der Waals surface area (Å²) >= 11 is 0. The average Bonchev–Trinajstić information content (AvgIpc) is 2.45. The van der Waals surface area contributed by atoms with Crippen molar-refractivity contribution >= 4 is 0 Å². The van der Waals surface area contributed by atoms with Crippen LogP contribution in [0.15, 0.2) is 18.2 Å². The number of nitrogens with two attached hydrogens (primary N) is 1. The number of halogens is 2. The molecule has 106 valence electrons. The quantitative estimate of drug-likeness (QED) is 0.639. The third kappa shape index (κ3) is 3.72. The van der Waals surface area contributed by atoms with E-state index in [2.05, 4.69) is 5.43 Å². The van der Waals surface area contributed by atoms with Crippen LogP contribution in [0.4, 0.5) is 8.78 Å². The fourth-order valence-corrected chi connectivity index (χ4v) is 2.51. The molecule has 1 aliphatic rings. The Bertz CT molecular complexity index is 408. The van der Waals surface area contributed by atoms with Crippen LogP contribution in [0.2, 0.25) is 0 Å². The summed E-state index contributed by atoms with van der Waals surface area (Å²) < 4.78 is 32.5. The first kappa shape index (κ1) is 14.4. The summed E-state index contributed by atoms with van der Waals surface area (Å²) in [5.41, 5.74) is 2.84. The summed E-state index contributed by atoms with van der Waals surface area (Å²) in [6.07, 6.45) is 4.93. The van der Waals surface area contributed by atoms with Crippen molar-refractivity contribution in [2.45, 2.75) is 44.2 Å². The Morgan fingerprint density at radius 1 is 1.37 bits per heavy atom. The maximum absolute atomic E-state index is 13.7. The second kappa shape index (κ2) is 6.93. The molecule has 2 rings (SSSR count). The van der Waals surface area contributed by atoms with Crippen LogP contribution in [0.25, 0.3) is 0 Å². The second-order valence-corrected chi connectivity index (χ2v) is 4.93. The Labute approximate surface area is 112 Å². The van der Waals surface area contributed by atoms with Crippen molar-refractivity contribution in [2.24, 2.45) is 5.84 Å². The van der Waals surface area contributed by atoms with Crippen LogP contribution in [0.1, 0.15) is 43.7 Å². The van der Waals surface area contributed by atoms with Crippen molar-refractivity contribution < 1.29 is 13.5 Å². The third-order valence-corrected chi connectivity index (χ3v) is 3.61. The van der Waals surface area contributed by atoms with Crippen LogP contribution in [0.5, 0.6) is 0 Å². The molecular formula is C14H20F2N2O. The molecule has 0 aromatic heterocycles. The predicted molar refractivity (Wildman–Crippen MR) is 69.2 cm³/mol. The molecule has 0 spiro atoms. The zero-order valence-electron chi connectivity index (χ0n) is 10.9. The van der Waals surface area contributed by atoms with Gasteiger partial charge in [-0.25, -0.2) is 8.78 Å². The van der Waals surface area contributed by atoms with Crippen molar-refractivity contribution in [2.75, 3.05) is 6.61 Å². The van der Waals surface area contributed by atoms with E-state index in [4.69, 9.17) is 10.6 Å². The van der Waals surface area contributed by atoms with Crippen LogP contribution < -0.4 is 11.3 Å². The molecule has 0 aliphatic carbocycles. The fourth-order valence-electron chi connectivity index (χ4n) is 2.51. The van der Waals surface area contributed by atoms with Gasteiger partial charge in [0.05, 0.1) is 6.10 Å². The lowest BCUT2D eigenvalue weighted by atomic mass is 9.97. The van der Waals surface area contributed by atoms with Crippen molar-refractivity contribution in [1.82, 2.24) is 5.43 Å². The highest BCUT2D eigenvalue weighted by atomic mass is 19.2. The summed E-state index contributed by atoms with van der Waals surface area (Å²) in [4.78, 5) is 0. The molecule has 1 aromatic carbocycles. The number of nitrogens with one attached hydrogen (secondary N) is 1. The van der Waals surface area contributed by atoms with E-state index in [1.54, 1.807) is 6.07 Å². The largest absolute Gasteiger partial charge is 0.378 e. The smallest absolute Gasteiger partial charge is 0.163 e. The van der Waals surface area contributed by atoms with E-state index in [9.17, 15) is 8.78 Å². The summed E-state index contributed by atoms with van der Waals surface area (Å²) in [5.74, 6) is 3.79. The van der Waals surface area contributed by atoms with Crippen LogP contribution in [0.3, 0.4) is 0 Å². The van der Waals surface area contributed by atoms with E-state index in [1.165, 1.54) is 12.5 Å². The molecular weight excluding hydrogens is 250 g/mol. The standard InChI is InChI=1S/C14H20F2N2O/c15-12-6-3-5-11(14(12)16)13(18-17)8-7-10-4-1-2-9-19-10/h3,5-6,10,13,18H,1-2,4,7-9,17H2. The monoisotopic (exact) mass is 270 g/mol. The summed E-state index contributed by atoms with van der Waals surface area (Å²) in [6, 6.07) is 3.78. The molecule has 5 heteroatoms. The van der Waals surface area contributed by atoms with E-state index >= 15 is 0 Å². The van der Waals surface area contributed by atoms with Gasteiger partial charge in [0.15, 0.2) is 11.6 Å². The zero-order valence-corrected chi connectivity index (χ0v) is 10.9. The molecule has 1 aromatic rings. The van der Waals surface area contributed by atoms with Crippen LogP contribution in [0, 0.1) is 11.6 Å². The molecule has 1 heterocycles. The minimum atomic E-state index is -0.841. The zero-order chi connectivity index (χ0) is 13.7. The number of hydrogen-bond donors (Lipinski definition) is 2. The van der Waals surface area contributed by atoms with Crippen LogP contribution >= 0.6 is 0 Å². The van der Waals surface area contributed by atoms with E-state index in [-0.39, 0.29) is 17.7 Å². The minimum Gasteiger partial charge on any atom is -0.378 e. The van der Waals surface area contributed by atoms with E-state index < -0.39 is 11.6 Å². The number of hydrogen-bond acceptors (Lipinski definition) is 3. The molecule has 19 heavy (non-hydrogen) atoms. The number of hydrazine groups is 1. The van der Waals surface area contributed by atoms with Gasteiger partial charge in [0.1, 0.15) is 0 Å². The van der Waals surface area contributed by atoms with Gasteiger partial charge < -0.3 is 4.74 Å². The van der Waals surface area contributed by atoms with Crippen molar-refractivity contribution in [3.8, 4) is 0 Å². The minimum absolute atomic E-state index is 0.209. The molecule has 2 unspecified atom stereocenters. The second-order valence-electron chi connectivity index (χ2n) is 4.93. The Morgan fingerprint density at radius 3 is 2.89 bits per heavy atom. The molecule has 0 radical (unpaired) electrons. The summed E-state index contributed by atoms with van der Waals surface area (Å²) in [5, 5.41) is 0. The third-order valence-electron chi connectivity index (χ3n) is 3.61. The number of ether oxygens (including phenoxy) is 1. The van der Waals surface area contributed by atoms with Crippen LogP contribution in [-0.2, 0) is 4.74 Å². The average molecular weight is 270 g/mol. The van der Waals surface area contributed by atoms with Crippen molar-refractivity contribution in [3.63, 3.8) is 0 Å². The molecule has 1 aliphatic heterocycles. The van der Waals surface area contributed by atoms with Crippen LogP contribution in [-0.4, -0.2) is 12.7 Å². The van der Waals surface area contributed by atoms with E-state index in [1.807, 2.05) is 0 Å². The Balaban J connectivity index is 1.97. The highest BCUT2D eigenvalue weighted by Crippen LogP contribution is 2.25. The molecule has 2 atom stereocenters. The summed E-state index contributed by atoms with van der Waals surface area (Å²) in [6.45, 7) is 0.791. The number of benzene rings is 1. The van der Waals surface area contributed by atoms with Crippen molar-refractivity contribution in [3.05, 3.63) is 35.4 Å². The maximum atomic E-state index is 13.7. The first-order chi connectivity index (χ1) is 9.22. The van der Waals surface area contributed by atoms with Crippen molar-refractivity contribution in [1.29, 1.82) is 0 Å². The van der Waals surface area contributed by atoms with Gasteiger partial charge in [-0.15, -0.1) is 0 Å². The highest BCUT2D eigenvalue weighted by Gasteiger charge is 2.20. The van der Waals surface area contributed by atoms with Gasteiger partial charge in [0, 0.05) is 18.2 Å². The van der Waals surface area contributed by atoms with Gasteiger partial charge in [-0.05, 0) is 38.2 Å². The molecule has 0 saturated carbocycles. The SMILES string of the molecule is NNC(CCC1CCCCO1)c1cccc(F)c1F. The van der Waals surface area contributed by atoms with Gasteiger partial charge in [-0.3, -0.25) is 11.3 Å². The Hall–Kier alpha value is -1.04. The maximum Gasteiger partial charge on any atom is 0.163 e. The molecule has 3 nitrogen and oxygen atoms in total. The fraction of sp³-hybridized carbons (Fsp3) is 0.571. The molecule has 3 N–H and O–H groups in total. The lowest BCUT2D eigenvalue weighted by molar-refractivity contribution is 0.00848.